The van der Waals surface area contributed by atoms with Gasteiger partial charge in [-0.05, 0) is 29.5 Å². The lowest BCUT2D eigenvalue weighted by Crippen LogP contribution is -1.99. The van der Waals surface area contributed by atoms with Gasteiger partial charge < -0.3 is 4.74 Å². The van der Waals surface area contributed by atoms with Crippen LogP contribution in [0.5, 0.6) is 5.75 Å². The van der Waals surface area contributed by atoms with Crippen molar-refractivity contribution in [3.63, 3.8) is 0 Å². The van der Waals surface area contributed by atoms with Crippen LogP contribution in [0.15, 0.2) is 29.5 Å². The topological polar surface area (TPSA) is 38.7 Å². The van der Waals surface area contributed by atoms with Gasteiger partial charge in [-0.3, -0.25) is 0 Å². The van der Waals surface area contributed by atoms with Crippen LogP contribution < -0.4 is 4.74 Å². The number of fused-ring (bicyclic) bond motifs is 1. The second-order valence-electron chi connectivity index (χ2n) is 2.53. The summed E-state index contributed by atoms with van der Waals surface area (Å²) in [6.07, 6.45) is 3.82. The Kier molecular flexibility index (Phi) is 1.63. The van der Waals surface area contributed by atoms with E-state index in [1.54, 1.807) is 18.2 Å². The molecule has 3 nitrogen and oxygen atoms in total. The fraction of sp³-hybridized carbons (Fsp3) is 0.111. The van der Waals surface area contributed by atoms with E-state index in [0.717, 1.165) is 11.3 Å². The number of nitroso groups, excluding NO2 is 1. The van der Waals surface area contributed by atoms with Crippen LogP contribution in [0.2, 0.25) is 0 Å². The number of rotatable bonds is 1. The minimum absolute atomic E-state index is 0.434. The van der Waals surface area contributed by atoms with Crippen molar-refractivity contribution in [1.29, 1.82) is 0 Å². The molecule has 3 heteroatoms. The molecule has 0 saturated heterocycles. The van der Waals surface area contributed by atoms with E-state index in [4.69, 9.17) is 4.74 Å². The van der Waals surface area contributed by atoms with Crippen LogP contribution in [0.4, 0.5) is 5.69 Å². The highest BCUT2D eigenvalue weighted by atomic mass is 16.5. The number of hydrogen-bond acceptors (Lipinski definition) is 3. The van der Waals surface area contributed by atoms with Crippen LogP contribution in [0, 0.1) is 4.91 Å². The first-order valence-electron chi connectivity index (χ1n) is 3.67. The lowest BCUT2D eigenvalue weighted by Gasteiger charge is -2.11. The Morgan fingerprint density at radius 3 is 3.17 bits per heavy atom. The monoisotopic (exact) mass is 161 g/mol. The van der Waals surface area contributed by atoms with Crippen molar-refractivity contribution in [3.05, 3.63) is 34.7 Å². The second kappa shape index (κ2) is 2.77. The van der Waals surface area contributed by atoms with Gasteiger partial charge in [-0.15, -0.1) is 4.91 Å². The molecule has 2 rings (SSSR count). The van der Waals surface area contributed by atoms with Gasteiger partial charge in [0.1, 0.15) is 18.0 Å². The van der Waals surface area contributed by atoms with Gasteiger partial charge in [0.2, 0.25) is 0 Å². The Balaban J connectivity index is 2.51. The standard InChI is InChI=1S/C9H7NO2/c11-10-8-3-4-9-7(6-8)2-1-5-12-9/h1-4,6H,5H2. The Bertz CT molecular complexity index is 344. The molecule has 60 valence electrons. The summed E-state index contributed by atoms with van der Waals surface area (Å²) in [5.74, 6) is 0.810. The fourth-order valence-electron chi connectivity index (χ4n) is 1.17. The molecule has 0 unspecified atom stereocenters. The SMILES string of the molecule is O=Nc1ccc2c(c1)C=CCO2. The summed E-state index contributed by atoms with van der Waals surface area (Å²) in [7, 11) is 0. The molecular weight excluding hydrogens is 154 g/mol. The average molecular weight is 161 g/mol. The second-order valence-corrected chi connectivity index (χ2v) is 2.53. The molecule has 0 radical (unpaired) electrons. The van der Waals surface area contributed by atoms with E-state index in [9.17, 15) is 4.91 Å². The summed E-state index contributed by atoms with van der Waals surface area (Å²) in [5.41, 5.74) is 1.35. The van der Waals surface area contributed by atoms with Crippen LogP contribution >= 0.6 is 0 Å². The molecule has 0 atom stereocenters. The van der Waals surface area contributed by atoms with Crippen molar-refractivity contribution in [2.75, 3.05) is 6.61 Å². The molecule has 12 heavy (non-hydrogen) atoms. The maximum atomic E-state index is 10.2. The summed E-state index contributed by atoms with van der Waals surface area (Å²) in [6, 6.07) is 5.11. The lowest BCUT2D eigenvalue weighted by atomic mass is 10.1. The highest BCUT2D eigenvalue weighted by Crippen LogP contribution is 2.27. The summed E-state index contributed by atoms with van der Waals surface area (Å²) >= 11 is 0. The minimum Gasteiger partial charge on any atom is -0.489 e. The van der Waals surface area contributed by atoms with Crippen LogP contribution in [-0.2, 0) is 0 Å². The molecule has 0 fully saturated rings. The zero-order valence-electron chi connectivity index (χ0n) is 6.36. The predicted molar refractivity (Wildman–Crippen MR) is 46.4 cm³/mol. The van der Waals surface area contributed by atoms with Crippen molar-refractivity contribution in [3.8, 4) is 5.75 Å². The predicted octanol–water partition coefficient (Wildman–Crippen LogP) is 2.49. The smallest absolute Gasteiger partial charge is 0.127 e. The molecule has 0 bridgehead atoms. The van der Waals surface area contributed by atoms with Crippen LogP contribution in [0.3, 0.4) is 0 Å². The molecule has 0 spiro atoms. The molecule has 0 aliphatic carbocycles. The van der Waals surface area contributed by atoms with E-state index in [2.05, 4.69) is 5.18 Å². The highest BCUT2D eigenvalue weighted by Gasteiger charge is 2.05. The number of benzene rings is 1. The Labute approximate surface area is 69.6 Å². The van der Waals surface area contributed by atoms with Crippen LogP contribution in [-0.4, -0.2) is 6.61 Å². The summed E-state index contributed by atoms with van der Waals surface area (Å²) in [6.45, 7) is 0.598. The quantitative estimate of drug-likeness (QED) is 0.593. The van der Waals surface area contributed by atoms with Crippen molar-refractivity contribution < 1.29 is 4.74 Å². The number of ether oxygens (including phenoxy) is 1. The fourth-order valence-corrected chi connectivity index (χ4v) is 1.17. The highest BCUT2D eigenvalue weighted by molar-refractivity contribution is 5.63. The molecule has 1 aromatic rings. The Morgan fingerprint density at radius 2 is 2.33 bits per heavy atom. The molecule has 0 amide bonds. The van der Waals surface area contributed by atoms with Gasteiger partial charge >= 0.3 is 0 Å². The molecule has 1 aliphatic rings. The van der Waals surface area contributed by atoms with E-state index in [0.29, 0.717) is 12.3 Å². The molecule has 0 N–H and O–H groups in total. The van der Waals surface area contributed by atoms with Gasteiger partial charge in [0, 0.05) is 5.56 Å². The summed E-state index contributed by atoms with van der Waals surface area (Å²) < 4.78 is 5.29. The maximum Gasteiger partial charge on any atom is 0.127 e. The molecule has 1 heterocycles. The molecule has 0 saturated carbocycles. The zero-order valence-corrected chi connectivity index (χ0v) is 6.36. The third kappa shape index (κ3) is 1.09. The third-order valence-electron chi connectivity index (χ3n) is 1.73. The van der Waals surface area contributed by atoms with Gasteiger partial charge in [-0.2, -0.15) is 0 Å². The Hall–Kier alpha value is -1.64. The number of nitrogens with zero attached hydrogens (tertiary/aromatic N) is 1. The van der Waals surface area contributed by atoms with E-state index >= 15 is 0 Å². The van der Waals surface area contributed by atoms with Crippen molar-refractivity contribution in [1.82, 2.24) is 0 Å². The summed E-state index contributed by atoms with van der Waals surface area (Å²) in [4.78, 5) is 10.2. The van der Waals surface area contributed by atoms with Crippen molar-refractivity contribution >= 4 is 11.8 Å². The third-order valence-corrected chi connectivity index (χ3v) is 1.73. The van der Waals surface area contributed by atoms with Gasteiger partial charge in [-0.1, -0.05) is 6.08 Å². The van der Waals surface area contributed by atoms with E-state index < -0.39 is 0 Å². The minimum atomic E-state index is 0.434. The first kappa shape index (κ1) is 7.03. The van der Waals surface area contributed by atoms with Crippen molar-refractivity contribution in [2.45, 2.75) is 0 Å². The maximum absolute atomic E-state index is 10.2. The van der Waals surface area contributed by atoms with E-state index in [1.165, 1.54) is 0 Å². The number of hydrogen-bond donors (Lipinski definition) is 0. The largest absolute Gasteiger partial charge is 0.489 e. The normalized spacial score (nSPS) is 13.3. The van der Waals surface area contributed by atoms with Gasteiger partial charge in [-0.25, -0.2) is 0 Å². The summed E-state index contributed by atoms with van der Waals surface area (Å²) in [5, 5.41) is 2.84. The molecular formula is C9H7NO2. The van der Waals surface area contributed by atoms with Crippen LogP contribution in [0.25, 0.3) is 6.08 Å². The molecule has 0 aromatic heterocycles. The van der Waals surface area contributed by atoms with E-state index in [-0.39, 0.29) is 0 Å². The first-order chi connectivity index (χ1) is 5.90. The average Bonchev–Trinajstić information content (AvgIpc) is 2.17. The van der Waals surface area contributed by atoms with Gasteiger partial charge in [0.15, 0.2) is 0 Å². The lowest BCUT2D eigenvalue weighted by molar-refractivity contribution is 0.358. The van der Waals surface area contributed by atoms with Crippen LogP contribution in [0.1, 0.15) is 5.56 Å². The van der Waals surface area contributed by atoms with Crippen molar-refractivity contribution in [2.24, 2.45) is 5.18 Å². The molecule has 1 aliphatic heterocycles. The van der Waals surface area contributed by atoms with Gasteiger partial charge in [0.05, 0.1) is 0 Å². The Morgan fingerprint density at radius 1 is 1.42 bits per heavy atom. The van der Waals surface area contributed by atoms with E-state index in [1.807, 2.05) is 12.2 Å². The van der Waals surface area contributed by atoms with Gasteiger partial charge in [0.25, 0.3) is 0 Å². The molecule has 1 aromatic carbocycles. The zero-order chi connectivity index (χ0) is 8.39. The first-order valence-corrected chi connectivity index (χ1v) is 3.67.